The molecular formula is C18H22N4O2. The Labute approximate surface area is 140 Å². The molecule has 1 aromatic heterocycles. The van der Waals surface area contributed by atoms with Gasteiger partial charge < -0.3 is 15.3 Å². The lowest BCUT2D eigenvalue weighted by molar-refractivity contribution is 0.148. The number of phenols is 1. The van der Waals surface area contributed by atoms with Gasteiger partial charge in [0.25, 0.3) is 0 Å². The molecule has 1 aliphatic heterocycles. The van der Waals surface area contributed by atoms with Crippen LogP contribution in [0.15, 0.2) is 30.6 Å². The number of hydrogen-bond donors (Lipinski definition) is 3. The third-order valence-corrected chi connectivity index (χ3v) is 5.21. The highest BCUT2D eigenvalue weighted by Gasteiger charge is 2.32. The summed E-state index contributed by atoms with van der Waals surface area (Å²) in [6.07, 6.45) is 8.44. The molecule has 0 bridgehead atoms. The predicted molar refractivity (Wildman–Crippen MR) is 89.6 cm³/mol. The SMILES string of the molecule is O=C(N[C@@H]1CCc2c(O)cccc21)N1CCCC[C@H]1c1cn[nH]c1. The first-order chi connectivity index (χ1) is 11.7. The molecular weight excluding hydrogens is 304 g/mol. The summed E-state index contributed by atoms with van der Waals surface area (Å²) in [7, 11) is 0. The van der Waals surface area contributed by atoms with Gasteiger partial charge in [0.1, 0.15) is 5.75 Å². The maximum atomic E-state index is 12.9. The van der Waals surface area contributed by atoms with Crippen molar-refractivity contribution < 1.29 is 9.90 Å². The Hall–Kier alpha value is -2.50. The first-order valence-electron chi connectivity index (χ1n) is 8.60. The van der Waals surface area contributed by atoms with E-state index in [0.717, 1.165) is 55.3 Å². The zero-order chi connectivity index (χ0) is 16.5. The highest BCUT2D eigenvalue weighted by Crippen LogP contribution is 2.37. The van der Waals surface area contributed by atoms with Crippen LogP contribution < -0.4 is 5.32 Å². The van der Waals surface area contributed by atoms with Gasteiger partial charge in [0.2, 0.25) is 0 Å². The number of amides is 2. The Bertz CT molecular complexity index is 729. The van der Waals surface area contributed by atoms with Gasteiger partial charge >= 0.3 is 6.03 Å². The highest BCUT2D eigenvalue weighted by molar-refractivity contribution is 5.75. The number of hydrogen-bond acceptors (Lipinski definition) is 3. The van der Waals surface area contributed by atoms with Crippen molar-refractivity contribution in [3.63, 3.8) is 0 Å². The molecule has 2 atom stereocenters. The fourth-order valence-electron chi connectivity index (χ4n) is 3.98. The van der Waals surface area contributed by atoms with Crippen molar-refractivity contribution >= 4 is 6.03 Å². The van der Waals surface area contributed by atoms with Crippen molar-refractivity contribution in [1.82, 2.24) is 20.4 Å². The molecule has 0 radical (unpaired) electrons. The number of nitrogens with one attached hydrogen (secondary N) is 2. The largest absolute Gasteiger partial charge is 0.508 e. The lowest BCUT2D eigenvalue weighted by atomic mass is 9.98. The Kier molecular flexibility index (Phi) is 3.88. The number of phenolic OH excluding ortho intramolecular Hbond substituents is 1. The molecule has 3 N–H and O–H groups in total. The Balaban J connectivity index is 1.51. The number of piperidine rings is 1. The Morgan fingerprint density at radius 3 is 3.08 bits per heavy atom. The average molecular weight is 326 g/mol. The molecule has 24 heavy (non-hydrogen) atoms. The number of likely N-dealkylation sites (tertiary alicyclic amines) is 1. The molecule has 6 nitrogen and oxygen atoms in total. The van der Waals surface area contributed by atoms with Crippen LogP contribution in [0.3, 0.4) is 0 Å². The van der Waals surface area contributed by atoms with Crippen molar-refractivity contribution in [3.05, 3.63) is 47.3 Å². The van der Waals surface area contributed by atoms with E-state index in [1.165, 1.54) is 0 Å². The molecule has 1 saturated heterocycles. The molecule has 2 aromatic rings. The quantitative estimate of drug-likeness (QED) is 0.793. The van der Waals surface area contributed by atoms with E-state index in [4.69, 9.17) is 0 Å². The van der Waals surface area contributed by atoms with E-state index in [1.54, 1.807) is 12.3 Å². The number of aromatic hydroxyl groups is 1. The zero-order valence-corrected chi connectivity index (χ0v) is 13.5. The molecule has 1 fully saturated rings. The zero-order valence-electron chi connectivity index (χ0n) is 13.5. The molecule has 0 saturated carbocycles. The van der Waals surface area contributed by atoms with Crippen LogP contribution in [0.25, 0.3) is 0 Å². The van der Waals surface area contributed by atoms with Crippen LogP contribution in [-0.4, -0.2) is 32.8 Å². The second kappa shape index (κ2) is 6.19. The minimum Gasteiger partial charge on any atom is -0.508 e. The van der Waals surface area contributed by atoms with Crippen molar-refractivity contribution in [1.29, 1.82) is 0 Å². The van der Waals surface area contributed by atoms with Crippen molar-refractivity contribution in [2.24, 2.45) is 0 Å². The summed E-state index contributed by atoms with van der Waals surface area (Å²) in [5.41, 5.74) is 3.07. The normalized spacial score (nSPS) is 23.1. The standard InChI is InChI=1S/C18H22N4O2/c23-17-6-3-4-13-14(17)7-8-15(13)21-18(24)22-9-2-1-5-16(22)12-10-19-20-11-12/h3-4,6,10-11,15-16,23H,1-2,5,7-9H2,(H,19,20)(H,21,24)/t15-,16+/m1/s1. The topological polar surface area (TPSA) is 81.2 Å². The summed E-state index contributed by atoms with van der Waals surface area (Å²) in [5.74, 6) is 0.332. The fraction of sp³-hybridized carbons (Fsp3) is 0.444. The van der Waals surface area contributed by atoms with Gasteiger partial charge in [-0.05, 0) is 49.3 Å². The van der Waals surface area contributed by atoms with E-state index in [9.17, 15) is 9.90 Å². The third-order valence-electron chi connectivity index (χ3n) is 5.21. The smallest absolute Gasteiger partial charge is 0.318 e. The third kappa shape index (κ3) is 2.62. The number of benzene rings is 1. The summed E-state index contributed by atoms with van der Waals surface area (Å²) in [4.78, 5) is 14.8. The van der Waals surface area contributed by atoms with Crippen LogP contribution in [0, 0.1) is 0 Å². The molecule has 126 valence electrons. The van der Waals surface area contributed by atoms with Crippen molar-refractivity contribution in [2.45, 2.75) is 44.2 Å². The van der Waals surface area contributed by atoms with E-state index >= 15 is 0 Å². The van der Waals surface area contributed by atoms with Gasteiger partial charge in [0, 0.05) is 18.3 Å². The van der Waals surface area contributed by atoms with Crippen molar-refractivity contribution in [2.75, 3.05) is 6.54 Å². The first kappa shape index (κ1) is 15.1. The molecule has 2 heterocycles. The number of carbonyl (C=O) groups is 1. The minimum atomic E-state index is -0.0258. The molecule has 1 aromatic carbocycles. The highest BCUT2D eigenvalue weighted by atomic mass is 16.3. The molecule has 0 spiro atoms. The van der Waals surface area contributed by atoms with Gasteiger partial charge in [-0.25, -0.2) is 4.79 Å². The summed E-state index contributed by atoms with van der Waals surface area (Å²) in [6, 6.07) is 5.59. The molecule has 4 rings (SSSR count). The summed E-state index contributed by atoms with van der Waals surface area (Å²) in [6.45, 7) is 0.765. The number of nitrogens with zero attached hydrogens (tertiary/aromatic N) is 2. The van der Waals surface area contributed by atoms with Crippen LogP contribution in [0.4, 0.5) is 4.79 Å². The van der Waals surface area contributed by atoms with E-state index in [-0.39, 0.29) is 18.1 Å². The van der Waals surface area contributed by atoms with E-state index in [1.807, 2.05) is 23.2 Å². The number of H-pyrrole nitrogens is 1. The van der Waals surface area contributed by atoms with E-state index < -0.39 is 0 Å². The summed E-state index contributed by atoms with van der Waals surface area (Å²) < 4.78 is 0. The molecule has 2 aliphatic rings. The molecule has 0 unspecified atom stereocenters. The predicted octanol–water partition coefficient (Wildman–Crippen LogP) is 3.04. The first-order valence-corrected chi connectivity index (χ1v) is 8.60. The van der Waals surface area contributed by atoms with Crippen molar-refractivity contribution in [3.8, 4) is 5.75 Å². The van der Waals surface area contributed by atoms with Crippen LogP contribution >= 0.6 is 0 Å². The molecule has 2 amide bonds. The molecule has 6 heteroatoms. The summed E-state index contributed by atoms with van der Waals surface area (Å²) in [5, 5.41) is 20.0. The lowest BCUT2D eigenvalue weighted by Crippen LogP contribution is -2.45. The van der Waals surface area contributed by atoms with Crippen LogP contribution in [-0.2, 0) is 6.42 Å². The maximum Gasteiger partial charge on any atom is 0.318 e. The number of urea groups is 1. The number of rotatable bonds is 2. The van der Waals surface area contributed by atoms with Crippen LogP contribution in [0.1, 0.15) is 54.5 Å². The number of aromatic nitrogens is 2. The van der Waals surface area contributed by atoms with Gasteiger partial charge in [-0.15, -0.1) is 0 Å². The number of fused-ring (bicyclic) bond motifs is 1. The summed E-state index contributed by atoms with van der Waals surface area (Å²) >= 11 is 0. The van der Waals surface area contributed by atoms with E-state index in [2.05, 4.69) is 15.5 Å². The average Bonchev–Trinajstić information content (AvgIpc) is 3.26. The molecule has 1 aliphatic carbocycles. The number of aromatic amines is 1. The Morgan fingerprint density at radius 1 is 1.33 bits per heavy atom. The van der Waals surface area contributed by atoms with Gasteiger partial charge in [0.05, 0.1) is 18.3 Å². The maximum absolute atomic E-state index is 12.9. The second-order valence-corrected chi connectivity index (χ2v) is 6.62. The second-order valence-electron chi connectivity index (χ2n) is 6.62. The fourth-order valence-corrected chi connectivity index (χ4v) is 3.98. The van der Waals surface area contributed by atoms with Crippen LogP contribution in [0.5, 0.6) is 5.75 Å². The Morgan fingerprint density at radius 2 is 2.25 bits per heavy atom. The van der Waals surface area contributed by atoms with E-state index in [0.29, 0.717) is 5.75 Å². The van der Waals surface area contributed by atoms with Gasteiger partial charge in [-0.1, -0.05) is 12.1 Å². The van der Waals surface area contributed by atoms with Gasteiger partial charge in [-0.2, -0.15) is 5.10 Å². The monoisotopic (exact) mass is 326 g/mol. The van der Waals surface area contributed by atoms with Gasteiger partial charge in [-0.3, -0.25) is 5.10 Å². The van der Waals surface area contributed by atoms with Crippen LogP contribution in [0.2, 0.25) is 0 Å². The number of carbonyl (C=O) groups excluding carboxylic acids is 1. The van der Waals surface area contributed by atoms with Gasteiger partial charge in [0.15, 0.2) is 0 Å². The lowest BCUT2D eigenvalue weighted by Gasteiger charge is -2.36. The minimum absolute atomic E-state index is 0.0217.